The van der Waals surface area contributed by atoms with Crippen LogP contribution >= 0.6 is 0 Å². The highest BCUT2D eigenvalue weighted by Gasteiger charge is 2.16. The van der Waals surface area contributed by atoms with Crippen LogP contribution in [0.25, 0.3) is 0 Å². The van der Waals surface area contributed by atoms with Gasteiger partial charge in [-0.25, -0.2) is 14.4 Å². The van der Waals surface area contributed by atoms with Crippen molar-refractivity contribution in [2.45, 2.75) is 6.10 Å². The lowest BCUT2D eigenvalue weighted by Crippen LogP contribution is -2.05. The molecular weight excluding hydrogens is 223 g/mol. The van der Waals surface area contributed by atoms with Crippen molar-refractivity contribution < 1.29 is 14.2 Å². The maximum Gasteiger partial charge on any atom is 0.216 e. The summed E-state index contributed by atoms with van der Waals surface area (Å²) in [5.41, 5.74) is 0.468. The van der Waals surface area contributed by atoms with Gasteiger partial charge in [-0.2, -0.15) is 0 Å². The fourth-order valence-electron chi connectivity index (χ4n) is 1.47. The van der Waals surface area contributed by atoms with Gasteiger partial charge in [-0.15, -0.1) is 0 Å². The molecule has 0 aliphatic heterocycles. The fraction of sp³-hybridized carbons (Fsp3) is 0.167. The largest absolute Gasteiger partial charge is 0.481 e. The lowest BCUT2D eigenvalue weighted by molar-refractivity contribution is 0.209. The molecule has 0 aliphatic rings. The first kappa shape index (κ1) is 11.5. The summed E-state index contributed by atoms with van der Waals surface area (Å²) in [6.07, 6.45) is 0.131. The number of aliphatic hydroxyl groups excluding tert-OH is 1. The van der Waals surface area contributed by atoms with Gasteiger partial charge in [0.2, 0.25) is 5.88 Å². The Morgan fingerprint density at radius 2 is 2.06 bits per heavy atom. The van der Waals surface area contributed by atoms with E-state index in [4.69, 9.17) is 4.74 Å². The third-order valence-corrected chi connectivity index (χ3v) is 2.35. The Morgan fingerprint density at radius 1 is 1.29 bits per heavy atom. The molecule has 0 bridgehead atoms. The summed E-state index contributed by atoms with van der Waals surface area (Å²) < 4.78 is 18.4. The second-order valence-electron chi connectivity index (χ2n) is 3.41. The number of aliphatic hydroxyl groups is 1. The normalized spacial score (nSPS) is 12.2. The summed E-state index contributed by atoms with van der Waals surface area (Å²) in [5.74, 6) is -0.150. The van der Waals surface area contributed by atoms with E-state index in [1.807, 2.05) is 0 Å². The predicted octanol–water partition coefficient (Wildman–Crippen LogP) is 1.71. The van der Waals surface area contributed by atoms with Crippen molar-refractivity contribution in [3.63, 3.8) is 0 Å². The molecule has 1 heterocycles. The highest BCUT2D eigenvalue weighted by atomic mass is 19.1. The topological polar surface area (TPSA) is 55.2 Å². The average Bonchev–Trinajstić information content (AvgIpc) is 2.38. The first-order valence-electron chi connectivity index (χ1n) is 5.01. The van der Waals surface area contributed by atoms with E-state index >= 15 is 0 Å². The van der Waals surface area contributed by atoms with Crippen LogP contribution < -0.4 is 4.74 Å². The van der Waals surface area contributed by atoms with E-state index in [-0.39, 0.29) is 5.56 Å². The highest BCUT2D eigenvalue weighted by Crippen LogP contribution is 2.23. The number of methoxy groups -OCH3 is 1. The molecule has 5 heteroatoms. The highest BCUT2D eigenvalue weighted by molar-refractivity contribution is 5.28. The minimum Gasteiger partial charge on any atom is -0.481 e. The lowest BCUT2D eigenvalue weighted by Gasteiger charge is -2.11. The Labute approximate surface area is 97.7 Å². The number of nitrogens with zero attached hydrogens (tertiary/aromatic N) is 2. The number of ether oxygens (including phenoxy) is 1. The summed E-state index contributed by atoms with van der Waals surface area (Å²) in [6, 6.07) is 7.48. The Balaban J connectivity index is 2.37. The Hall–Kier alpha value is -2.01. The van der Waals surface area contributed by atoms with Gasteiger partial charge in [0.15, 0.2) is 0 Å². The van der Waals surface area contributed by atoms with Crippen molar-refractivity contribution in [1.29, 1.82) is 0 Å². The zero-order chi connectivity index (χ0) is 12.3. The van der Waals surface area contributed by atoms with Crippen LogP contribution in [0.15, 0.2) is 36.7 Å². The molecule has 0 aliphatic carbocycles. The van der Waals surface area contributed by atoms with Gasteiger partial charge < -0.3 is 9.84 Å². The summed E-state index contributed by atoms with van der Waals surface area (Å²) >= 11 is 0. The minimum absolute atomic E-state index is 0.174. The van der Waals surface area contributed by atoms with Gasteiger partial charge >= 0.3 is 0 Å². The van der Waals surface area contributed by atoms with Crippen LogP contribution in [-0.4, -0.2) is 22.2 Å². The summed E-state index contributed by atoms with van der Waals surface area (Å²) in [6.45, 7) is 0. The van der Waals surface area contributed by atoms with Gasteiger partial charge in [0.1, 0.15) is 18.2 Å². The van der Waals surface area contributed by atoms with Crippen molar-refractivity contribution in [1.82, 2.24) is 9.97 Å². The maximum atomic E-state index is 13.5. The van der Waals surface area contributed by atoms with Crippen molar-refractivity contribution in [3.05, 3.63) is 53.7 Å². The lowest BCUT2D eigenvalue weighted by atomic mass is 10.1. The third kappa shape index (κ3) is 2.39. The number of hydrogen-bond donors (Lipinski definition) is 1. The molecule has 4 nitrogen and oxygen atoms in total. The maximum absolute atomic E-state index is 13.5. The Bertz CT molecular complexity index is 519. The molecule has 17 heavy (non-hydrogen) atoms. The first-order chi connectivity index (χ1) is 8.22. The van der Waals surface area contributed by atoms with E-state index in [0.717, 1.165) is 0 Å². The smallest absolute Gasteiger partial charge is 0.216 e. The number of hydrogen-bond acceptors (Lipinski definition) is 4. The van der Waals surface area contributed by atoms with E-state index in [1.165, 1.54) is 31.6 Å². The van der Waals surface area contributed by atoms with Gasteiger partial charge in [-0.05, 0) is 6.07 Å². The van der Waals surface area contributed by atoms with Gasteiger partial charge in [0.05, 0.1) is 12.8 Å². The summed E-state index contributed by atoms with van der Waals surface area (Å²) in [5, 5.41) is 10.0. The second-order valence-corrected chi connectivity index (χ2v) is 3.41. The first-order valence-corrected chi connectivity index (χ1v) is 5.01. The average molecular weight is 234 g/mol. The number of rotatable bonds is 3. The monoisotopic (exact) mass is 234 g/mol. The van der Waals surface area contributed by atoms with Crippen LogP contribution in [0.1, 0.15) is 17.4 Å². The van der Waals surface area contributed by atoms with Crippen LogP contribution in [0, 0.1) is 5.82 Å². The molecule has 0 radical (unpaired) electrons. The Morgan fingerprint density at radius 3 is 2.76 bits per heavy atom. The zero-order valence-electron chi connectivity index (χ0n) is 9.17. The standard InChI is InChI=1S/C12H11FN2O2/c1-17-11-6-10(14-7-15-11)12(16)8-4-2-3-5-9(8)13/h2-7,12,16H,1H3. The van der Waals surface area contributed by atoms with Crippen molar-refractivity contribution >= 4 is 0 Å². The van der Waals surface area contributed by atoms with E-state index in [0.29, 0.717) is 11.6 Å². The molecule has 0 saturated heterocycles. The molecule has 2 aromatic rings. The second kappa shape index (κ2) is 4.88. The molecule has 0 saturated carbocycles. The van der Waals surface area contributed by atoms with Crippen molar-refractivity contribution in [2.75, 3.05) is 7.11 Å². The van der Waals surface area contributed by atoms with Crippen molar-refractivity contribution in [3.8, 4) is 5.88 Å². The Kier molecular flexibility index (Phi) is 3.30. The molecule has 1 unspecified atom stereocenters. The SMILES string of the molecule is COc1cc(C(O)c2ccccc2F)ncn1. The quantitative estimate of drug-likeness (QED) is 0.878. The summed E-state index contributed by atoms with van der Waals surface area (Å²) in [7, 11) is 1.46. The molecular formula is C12H11FN2O2. The molecule has 1 aromatic heterocycles. The van der Waals surface area contributed by atoms with E-state index in [2.05, 4.69) is 9.97 Å². The molecule has 2 rings (SSSR count). The fourth-order valence-corrected chi connectivity index (χ4v) is 1.47. The van der Waals surface area contributed by atoms with Crippen LogP contribution in [0.3, 0.4) is 0 Å². The number of aromatic nitrogens is 2. The number of benzene rings is 1. The zero-order valence-corrected chi connectivity index (χ0v) is 9.17. The molecule has 1 aromatic carbocycles. The van der Waals surface area contributed by atoms with Crippen LogP contribution in [0.4, 0.5) is 4.39 Å². The van der Waals surface area contributed by atoms with Gasteiger partial charge in [-0.3, -0.25) is 0 Å². The minimum atomic E-state index is -1.13. The molecule has 0 spiro atoms. The van der Waals surface area contributed by atoms with Crippen LogP contribution in [0.5, 0.6) is 5.88 Å². The van der Waals surface area contributed by atoms with Crippen LogP contribution in [-0.2, 0) is 0 Å². The summed E-state index contributed by atoms with van der Waals surface area (Å²) in [4.78, 5) is 7.72. The van der Waals surface area contributed by atoms with Crippen molar-refractivity contribution in [2.24, 2.45) is 0 Å². The molecule has 1 atom stereocenters. The molecule has 1 N–H and O–H groups in total. The van der Waals surface area contributed by atoms with Crippen LogP contribution in [0.2, 0.25) is 0 Å². The molecule has 0 fully saturated rings. The van der Waals surface area contributed by atoms with E-state index in [9.17, 15) is 9.50 Å². The molecule has 0 amide bonds. The predicted molar refractivity (Wildman–Crippen MR) is 59.0 cm³/mol. The molecule has 88 valence electrons. The van der Waals surface area contributed by atoms with E-state index < -0.39 is 11.9 Å². The van der Waals surface area contributed by atoms with Gasteiger partial charge in [0, 0.05) is 11.6 Å². The van der Waals surface area contributed by atoms with Gasteiger partial charge in [0.25, 0.3) is 0 Å². The number of halogens is 1. The van der Waals surface area contributed by atoms with Gasteiger partial charge in [-0.1, -0.05) is 18.2 Å². The van der Waals surface area contributed by atoms with E-state index in [1.54, 1.807) is 12.1 Å². The third-order valence-electron chi connectivity index (χ3n) is 2.35.